The van der Waals surface area contributed by atoms with Crippen LogP contribution in [0.4, 0.5) is 10.6 Å². The quantitative estimate of drug-likeness (QED) is 0.191. The van der Waals surface area contributed by atoms with Gasteiger partial charge in [0.15, 0.2) is 0 Å². The lowest BCUT2D eigenvalue weighted by atomic mass is 9.96. The number of hydrogen-bond acceptors (Lipinski definition) is 8. The summed E-state index contributed by atoms with van der Waals surface area (Å²) in [6, 6.07) is 16.8. The molecule has 4 aromatic rings. The van der Waals surface area contributed by atoms with Crippen LogP contribution >= 0.6 is 0 Å². The van der Waals surface area contributed by atoms with Gasteiger partial charge in [0.1, 0.15) is 11.3 Å². The molecule has 43 heavy (non-hydrogen) atoms. The number of aromatic nitrogens is 2. The summed E-state index contributed by atoms with van der Waals surface area (Å²) in [7, 11) is 1.71. The number of hydrogen-bond donors (Lipinski definition) is 0. The summed E-state index contributed by atoms with van der Waals surface area (Å²) in [5, 5.41) is 11.2. The Bertz CT molecular complexity index is 1780. The molecule has 1 aliphatic heterocycles. The summed E-state index contributed by atoms with van der Waals surface area (Å²) in [4.78, 5) is 41.0. The molecule has 5 rings (SSSR count). The van der Waals surface area contributed by atoms with Crippen LogP contribution in [-0.4, -0.2) is 47.2 Å². The van der Waals surface area contributed by atoms with Gasteiger partial charge in [0, 0.05) is 37.8 Å². The first-order valence-corrected chi connectivity index (χ1v) is 14.7. The summed E-state index contributed by atoms with van der Waals surface area (Å²) in [6.07, 6.45) is 1.21. The maximum atomic E-state index is 14.0. The van der Waals surface area contributed by atoms with Gasteiger partial charge in [-0.05, 0) is 61.6 Å². The summed E-state index contributed by atoms with van der Waals surface area (Å²) >= 11 is 0. The van der Waals surface area contributed by atoms with Crippen LogP contribution in [0.1, 0.15) is 61.5 Å². The normalized spacial score (nSPS) is 15.7. The lowest BCUT2D eigenvalue weighted by molar-refractivity contribution is -0.0811. The standard InChI is InChI=1S/C33H36N4O6/c1-5-22-10-9-15-36(19-22)29-17-27-26-16-23(32(39)42-21(3)43-33(40)41-6-2)13-14-28(26)35(4)31(38)30(27)37(29)20-25-12-8-7-11-24(25)18-34/h7-8,11-14,16-17,21-22H,5-6,9-10,15,19-20H2,1-4H3/t21?,22-/m1/s1. The fourth-order valence-electron chi connectivity index (χ4n) is 5.91. The van der Waals surface area contributed by atoms with Crippen molar-refractivity contribution in [3.8, 4) is 6.07 Å². The van der Waals surface area contributed by atoms with E-state index in [9.17, 15) is 19.6 Å². The summed E-state index contributed by atoms with van der Waals surface area (Å²) in [5.41, 5.74) is 2.63. The number of esters is 1. The molecule has 0 bridgehead atoms. The van der Waals surface area contributed by atoms with Crippen molar-refractivity contribution in [3.63, 3.8) is 0 Å². The van der Waals surface area contributed by atoms with E-state index in [1.807, 2.05) is 28.8 Å². The minimum Gasteiger partial charge on any atom is -0.435 e. The first kappa shape index (κ1) is 29.7. The average Bonchev–Trinajstić information content (AvgIpc) is 3.39. The maximum Gasteiger partial charge on any atom is 0.511 e. The molecule has 0 N–H and O–H groups in total. The van der Waals surface area contributed by atoms with Crippen LogP contribution in [0.2, 0.25) is 0 Å². The van der Waals surface area contributed by atoms with E-state index >= 15 is 0 Å². The van der Waals surface area contributed by atoms with Crippen molar-refractivity contribution in [2.45, 2.75) is 52.9 Å². The first-order chi connectivity index (χ1) is 20.7. The molecular weight excluding hydrogens is 548 g/mol. The highest BCUT2D eigenvalue weighted by molar-refractivity contribution is 6.09. The molecule has 1 fully saturated rings. The fraction of sp³-hybridized carbons (Fsp3) is 0.394. The van der Waals surface area contributed by atoms with Crippen molar-refractivity contribution in [3.05, 3.63) is 75.6 Å². The van der Waals surface area contributed by atoms with E-state index in [2.05, 4.69) is 17.9 Å². The monoisotopic (exact) mass is 584 g/mol. The van der Waals surface area contributed by atoms with E-state index in [-0.39, 0.29) is 17.7 Å². The predicted octanol–water partition coefficient (Wildman–Crippen LogP) is 5.72. The van der Waals surface area contributed by atoms with Gasteiger partial charge in [-0.25, -0.2) is 9.59 Å². The van der Waals surface area contributed by atoms with Gasteiger partial charge in [-0.2, -0.15) is 5.26 Å². The van der Waals surface area contributed by atoms with Gasteiger partial charge in [0.2, 0.25) is 6.29 Å². The van der Waals surface area contributed by atoms with Gasteiger partial charge in [-0.15, -0.1) is 0 Å². The topological polar surface area (TPSA) is 116 Å². The smallest absolute Gasteiger partial charge is 0.435 e. The van der Waals surface area contributed by atoms with Gasteiger partial charge in [0.25, 0.3) is 5.56 Å². The van der Waals surface area contributed by atoms with Crippen molar-refractivity contribution in [2.75, 3.05) is 24.6 Å². The van der Waals surface area contributed by atoms with Crippen LogP contribution < -0.4 is 10.5 Å². The van der Waals surface area contributed by atoms with Gasteiger partial charge in [-0.1, -0.05) is 31.5 Å². The predicted molar refractivity (Wildman–Crippen MR) is 163 cm³/mol. The highest BCUT2D eigenvalue weighted by atomic mass is 16.8. The molecule has 2 aromatic heterocycles. The fourth-order valence-corrected chi connectivity index (χ4v) is 5.91. The third-order valence-corrected chi connectivity index (χ3v) is 8.15. The van der Waals surface area contributed by atoms with Gasteiger partial charge in [-0.3, -0.25) is 4.79 Å². The van der Waals surface area contributed by atoms with Crippen molar-refractivity contribution >= 4 is 39.7 Å². The van der Waals surface area contributed by atoms with Gasteiger partial charge < -0.3 is 28.2 Å². The van der Waals surface area contributed by atoms with Crippen molar-refractivity contribution < 1.29 is 23.8 Å². The van der Waals surface area contributed by atoms with E-state index in [1.165, 1.54) is 13.3 Å². The van der Waals surface area contributed by atoms with Crippen molar-refractivity contribution in [1.29, 1.82) is 5.26 Å². The maximum absolute atomic E-state index is 14.0. The molecule has 0 saturated carbocycles. The van der Waals surface area contributed by atoms with Crippen LogP contribution in [-0.2, 0) is 27.8 Å². The molecule has 10 heteroatoms. The Labute approximate surface area is 250 Å². The number of nitriles is 1. The number of anilines is 1. The molecule has 2 aromatic carbocycles. The molecule has 10 nitrogen and oxygen atoms in total. The van der Waals surface area contributed by atoms with Gasteiger partial charge >= 0.3 is 12.1 Å². The molecule has 0 amide bonds. The molecule has 1 unspecified atom stereocenters. The highest BCUT2D eigenvalue weighted by Crippen LogP contribution is 2.34. The van der Waals surface area contributed by atoms with Crippen LogP contribution in [0.5, 0.6) is 0 Å². The van der Waals surface area contributed by atoms with Crippen LogP contribution in [0, 0.1) is 17.2 Å². The van der Waals surface area contributed by atoms with Crippen molar-refractivity contribution in [2.24, 2.45) is 13.0 Å². The highest BCUT2D eigenvalue weighted by Gasteiger charge is 2.26. The Morgan fingerprint density at radius 1 is 1.09 bits per heavy atom. The van der Waals surface area contributed by atoms with Crippen LogP contribution in [0.15, 0.2) is 53.3 Å². The van der Waals surface area contributed by atoms with E-state index < -0.39 is 18.4 Å². The minimum atomic E-state index is -1.15. The zero-order valence-electron chi connectivity index (χ0n) is 25.0. The number of fused-ring (bicyclic) bond motifs is 3. The lowest BCUT2D eigenvalue weighted by Crippen LogP contribution is -2.36. The second kappa shape index (κ2) is 12.6. The van der Waals surface area contributed by atoms with E-state index in [4.69, 9.17) is 14.2 Å². The SMILES string of the molecule is CCOC(=O)OC(C)OC(=O)c1ccc2c(c1)c1cc(N3CCC[C@@H](CC)C3)n(Cc3ccccc3C#N)c1c(=O)n2C. The molecule has 0 aliphatic carbocycles. The summed E-state index contributed by atoms with van der Waals surface area (Å²) in [6.45, 7) is 7.51. The lowest BCUT2D eigenvalue weighted by Gasteiger charge is -2.34. The number of pyridine rings is 1. The second-order valence-electron chi connectivity index (χ2n) is 10.9. The first-order valence-electron chi connectivity index (χ1n) is 14.7. The Morgan fingerprint density at radius 2 is 1.88 bits per heavy atom. The number of aryl methyl sites for hydroxylation is 1. The zero-order valence-corrected chi connectivity index (χ0v) is 25.0. The summed E-state index contributed by atoms with van der Waals surface area (Å²) in [5.74, 6) is 0.784. The molecule has 2 atom stereocenters. The number of carbonyl (C=O) groups is 2. The molecule has 0 radical (unpaired) electrons. The third kappa shape index (κ3) is 5.93. The Morgan fingerprint density at radius 3 is 2.63 bits per heavy atom. The second-order valence-corrected chi connectivity index (χ2v) is 10.9. The number of rotatable bonds is 8. The average molecular weight is 585 g/mol. The number of benzene rings is 2. The molecule has 0 spiro atoms. The Balaban J connectivity index is 1.65. The Hall–Kier alpha value is -4.78. The number of carbonyl (C=O) groups excluding carboxylic acids is 2. The van der Waals surface area contributed by atoms with E-state index in [1.54, 1.807) is 42.8 Å². The molecular formula is C33H36N4O6. The summed E-state index contributed by atoms with van der Waals surface area (Å²) < 4.78 is 18.7. The number of ether oxygens (including phenoxy) is 3. The van der Waals surface area contributed by atoms with Crippen LogP contribution in [0.3, 0.4) is 0 Å². The zero-order chi connectivity index (χ0) is 30.7. The Kier molecular flexibility index (Phi) is 8.71. The van der Waals surface area contributed by atoms with E-state index in [0.29, 0.717) is 39.8 Å². The molecule has 1 saturated heterocycles. The molecule has 3 heterocycles. The number of nitrogens with zero attached hydrogens (tertiary/aromatic N) is 4. The number of piperidine rings is 1. The molecule has 224 valence electrons. The molecule has 1 aliphatic rings. The minimum absolute atomic E-state index is 0.138. The van der Waals surface area contributed by atoms with E-state index in [0.717, 1.165) is 37.3 Å². The van der Waals surface area contributed by atoms with Crippen LogP contribution in [0.25, 0.3) is 21.8 Å². The third-order valence-electron chi connectivity index (χ3n) is 8.15. The van der Waals surface area contributed by atoms with Crippen molar-refractivity contribution in [1.82, 2.24) is 9.13 Å². The van der Waals surface area contributed by atoms with Gasteiger partial charge in [0.05, 0.1) is 35.9 Å². The largest absolute Gasteiger partial charge is 0.511 e.